The summed E-state index contributed by atoms with van der Waals surface area (Å²) < 4.78 is 20.9. The SMILES string of the molecule is COC(=O)c1cccc(C(O)c2c(-c3ccccc3F)nn3cc(C)ccc23)n1. The average molecular weight is 391 g/mol. The van der Waals surface area contributed by atoms with Crippen LogP contribution in [0.25, 0.3) is 16.8 Å². The van der Waals surface area contributed by atoms with Crippen molar-refractivity contribution in [2.45, 2.75) is 13.0 Å². The molecule has 146 valence electrons. The van der Waals surface area contributed by atoms with Gasteiger partial charge in [-0.1, -0.05) is 24.3 Å². The van der Waals surface area contributed by atoms with Crippen molar-refractivity contribution in [1.82, 2.24) is 14.6 Å². The maximum absolute atomic E-state index is 14.5. The third kappa shape index (κ3) is 3.36. The molecule has 0 bridgehead atoms. The Balaban J connectivity index is 1.94. The Kier molecular flexibility index (Phi) is 4.82. The fraction of sp³-hybridized carbons (Fsp3) is 0.136. The summed E-state index contributed by atoms with van der Waals surface area (Å²) in [7, 11) is 1.26. The van der Waals surface area contributed by atoms with Crippen LogP contribution in [0.2, 0.25) is 0 Å². The number of carbonyl (C=O) groups is 1. The van der Waals surface area contributed by atoms with Crippen molar-refractivity contribution in [3.05, 3.63) is 89.1 Å². The highest BCUT2D eigenvalue weighted by atomic mass is 19.1. The number of fused-ring (bicyclic) bond motifs is 1. The number of aryl methyl sites for hydroxylation is 1. The van der Waals surface area contributed by atoms with E-state index in [0.717, 1.165) is 5.56 Å². The molecule has 0 saturated carbocycles. The predicted molar refractivity (Wildman–Crippen MR) is 105 cm³/mol. The molecule has 1 unspecified atom stereocenters. The number of pyridine rings is 2. The smallest absolute Gasteiger partial charge is 0.356 e. The monoisotopic (exact) mass is 391 g/mol. The number of halogens is 1. The molecular weight excluding hydrogens is 373 g/mol. The highest BCUT2D eigenvalue weighted by Gasteiger charge is 2.25. The van der Waals surface area contributed by atoms with Crippen LogP contribution >= 0.6 is 0 Å². The maximum Gasteiger partial charge on any atom is 0.356 e. The maximum atomic E-state index is 14.5. The van der Waals surface area contributed by atoms with Gasteiger partial charge in [-0.25, -0.2) is 18.7 Å². The number of benzene rings is 1. The van der Waals surface area contributed by atoms with E-state index in [-0.39, 0.29) is 17.0 Å². The molecular formula is C22H18FN3O3. The molecule has 0 radical (unpaired) electrons. The molecule has 0 aliphatic carbocycles. The van der Waals surface area contributed by atoms with Crippen molar-refractivity contribution in [3.8, 4) is 11.3 Å². The summed E-state index contributed by atoms with van der Waals surface area (Å²) in [5, 5.41) is 15.7. The minimum absolute atomic E-state index is 0.0730. The van der Waals surface area contributed by atoms with E-state index in [1.165, 1.54) is 19.2 Å². The van der Waals surface area contributed by atoms with E-state index in [2.05, 4.69) is 10.1 Å². The van der Waals surface area contributed by atoms with E-state index in [1.807, 2.05) is 19.1 Å². The summed E-state index contributed by atoms with van der Waals surface area (Å²) in [6, 6.07) is 14.7. The molecule has 0 aliphatic rings. The van der Waals surface area contributed by atoms with E-state index in [9.17, 15) is 14.3 Å². The Morgan fingerprint density at radius 1 is 1.14 bits per heavy atom. The summed E-state index contributed by atoms with van der Waals surface area (Å²) in [6.45, 7) is 1.92. The van der Waals surface area contributed by atoms with E-state index < -0.39 is 17.9 Å². The summed E-state index contributed by atoms with van der Waals surface area (Å²) in [6.07, 6.45) is 0.572. The first kappa shape index (κ1) is 18.8. The number of aliphatic hydroxyl groups excluding tert-OH is 1. The number of ether oxygens (including phenoxy) is 1. The van der Waals surface area contributed by atoms with Gasteiger partial charge < -0.3 is 9.84 Å². The number of methoxy groups -OCH3 is 1. The number of hydrogen-bond donors (Lipinski definition) is 1. The second-order valence-corrected chi connectivity index (χ2v) is 6.62. The van der Waals surface area contributed by atoms with Gasteiger partial charge >= 0.3 is 5.97 Å². The largest absolute Gasteiger partial charge is 0.464 e. The Bertz CT molecular complexity index is 1220. The predicted octanol–water partition coefficient (Wildman–Crippen LogP) is 3.71. The number of nitrogens with zero attached hydrogens (tertiary/aromatic N) is 3. The first-order valence-corrected chi connectivity index (χ1v) is 8.96. The van der Waals surface area contributed by atoms with Crippen molar-refractivity contribution in [1.29, 1.82) is 0 Å². The average Bonchev–Trinajstić information content (AvgIpc) is 3.11. The molecule has 3 heterocycles. The first-order valence-electron chi connectivity index (χ1n) is 8.96. The highest BCUT2D eigenvalue weighted by Crippen LogP contribution is 2.35. The molecule has 0 aliphatic heterocycles. The summed E-state index contributed by atoms with van der Waals surface area (Å²) >= 11 is 0. The van der Waals surface area contributed by atoms with Gasteiger partial charge in [0.15, 0.2) is 0 Å². The van der Waals surface area contributed by atoms with Gasteiger partial charge in [0, 0.05) is 17.3 Å². The fourth-order valence-electron chi connectivity index (χ4n) is 3.26. The van der Waals surface area contributed by atoms with Crippen LogP contribution in [0.3, 0.4) is 0 Å². The first-order chi connectivity index (χ1) is 14.0. The van der Waals surface area contributed by atoms with Crippen molar-refractivity contribution >= 4 is 11.5 Å². The van der Waals surface area contributed by atoms with Gasteiger partial charge in [0.05, 0.1) is 18.3 Å². The van der Waals surface area contributed by atoms with Gasteiger partial charge in [-0.3, -0.25) is 0 Å². The topological polar surface area (TPSA) is 76.7 Å². The van der Waals surface area contributed by atoms with Gasteiger partial charge in [-0.2, -0.15) is 5.10 Å². The summed E-state index contributed by atoms with van der Waals surface area (Å²) in [5.74, 6) is -1.05. The van der Waals surface area contributed by atoms with Crippen LogP contribution in [-0.2, 0) is 4.74 Å². The van der Waals surface area contributed by atoms with Crippen molar-refractivity contribution < 1.29 is 19.0 Å². The molecule has 0 saturated heterocycles. The van der Waals surface area contributed by atoms with Crippen molar-refractivity contribution in [3.63, 3.8) is 0 Å². The normalized spacial score (nSPS) is 12.1. The van der Waals surface area contributed by atoms with Crippen molar-refractivity contribution in [2.75, 3.05) is 7.11 Å². The molecule has 1 aromatic carbocycles. The van der Waals surface area contributed by atoms with Crippen LogP contribution in [-0.4, -0.2) is 32.8 Å². The Hall–Kier alpha value is -3.58. The molecule has 29 heavy (non-hydrogen) atoms. The van der Waals surface area contributed by atoms with Gasteiger partial charge in [-0.15, -0.1) is 0 Å². The lowest BCUT2D eigenvalue weighted by molar-refractivity contribution is 0.0593. The van der Waals surface area contributed by atoms with Crippen LogP contribution < -0.4 is 0 Å². The molecule has 1 atom stereocenters. The quantitative estimate of drug-likeness (QED) is 0.537. The second-order valence-electron chi connectivity index (χ2n) is 6.62. The molecule has 1 N–H and O–H groups in total. The van der Waals surface area contributed by atoms with Crippen LogP contribution in [0, 0.1) is 12.7 Å². The van der Waals surface area contributed by atoms with Gasteiger partial charge in [-0.05, 0) is 42.8 Å². The van der Waals surface area contributed by atoms with Crippen molar-refractivity contribution in [2.24, 2.45) is 0 Å². The van der Waals surface area contributed by atoms with Gasteiger partial charge in [0.2, 0.25) is 0 Å². The summed E-state index contributed by atoms with van der Waals surface area (Å²) in [5.41, 5.74) is 2.88. The second kappa shape index (κ2) is 7.44. The molecule has 4 rings (SSSR count). The molecule has 3 aromatic heterocycles. The van der Waals surface area contributed by atoms with E-state index in [0.29, 0.717) is 16.8 Å². The fourth-order valence-corrected chi connectivity index (χ4v) is 3.26. The third-order valence-corrected chi connectivity index (χ3v) is 4.66. The molecule has 4 aromatic rings. The minimum Gasteiger partial charge on any atom is -0.464 e. The van der Waals surface area contributed by atoms with Crippen LogP contribution in [0.4, 0.5) is 4.39 Å². The van der Waals surface area contributed by atoms with Gasteiger partial charge in [0.1, 0.15) is 23.3 Å². The van der Waals surface area contributed by atoms with Crippen LogP contribution in [0.5, 0.6) is 0 Å². The Labute approximate surface area is 166 Å². The summed E-state index contributed by atoms with van der Waals surface area (Å²) in [4.78, 5) is 16.1. The Morgan fingerprint density at radius 3 is 2.69 bits per heavy atom. The van der Waals surface area contributed by atoms with E-state index in [4.69, 9.17) is 4.74 Å². The van der Waals surface area contributed by atoms with Crippen LogP contribution in [0.15, 0.2) is 60.8 Å². The number of rotatable bonds is 4. The Morgan fingerprint density at radius 2 is 1.93 bits per heavy atom. The number of aliphatic hydroxyl groups is 1. The zero-order valence-electron chi connectivity index (χ0n) is 15.8. The standard InChI is InChI=1S/C22H18FN3O3/c1-13-10-11-18-19(21(27)16-8-5-9-17(24-16)22(28)29-2)20(25-26(18)12-13)14-6-3-4-7-15(14)23/h3-12,21,27H,1-2H3. The third-order valence-electron chi connectivity index (χ3n) is 4.66. The molecule has 0 amide bonds. The lowest BCUT2D eigenvalue weighted by Crippen LogP contribution is -2.09. The highest BCUT2D eigenvalue weighted by molar-refractivity contribution is 5.87. The molecule has 7 heteroatoms. The number of hydrogen-bond acceptors (Lipinski definition) is 5. The zero-order chi connectivity index (χ0) is 20.5. The lowest BCUT2D eigenvalue weighted by Gasteiger charge is -2.13. The number of carbonyl (C=O) groups excluding carboxylic acids is 1. The van der Waals surface area contributed by atoms with Gasteiger partial charge in [0.25, 0.3) is 0 Å². The number of aromatic nitrogens is 3. The zero-order valence-corrected chi connectivity index (χ0v) is 15.8. The minimum atomic E-state index is -1.23. The molecule has 0 spiro atoms. The number of esters is 1. The molecule has 0 fully saturated rings. The lowest BCUT2D eigenvalue weighted by atomic mass is 9.99. The van der Waals surface area contributed by atoms with Crippen LogP contribution in [0.1, 0.15) is 33.4 Å². The van der Waals surface area contributed by atoms with E-state index >= 15 is 0 Å². The molecule has 6 nitrogen and oxygen atoms in total. The van der Waals surface area contributed by atoms with E-state index in [1.54, 1.807) is 41.0 Å².